The molecule has 1 unspecified atom stereocenters. The zero-order valence-electron chi connectivity index (χ0n) is 6.93. The second-order valence-electron chi connectivity index (χ2n) is 2.57. The Morgan fingerprint density at radius 1 is 1.77 bits per heavy atom. The fourth-order valence-corrected chi connectivity index (χ4v) is 1.03. The van der Waals surface area contributed by atoms with Gasteiger partial charge in [0.25, 0.3) is 5.70 Å². The number of hydrogen-bond acceptors (Lipinski definition) is 3. The molecule has 0 aliphatic heterocycles. The molecular weight excluding hydrogens is 170 g/mol. The van der Waals surface area contributed by atoms with E-state index in [0.717, 1.165) is 0 Å². The molecule has 1 atom stereocenters. The summed E-state index contributed by atoms with van der Waals surface area (Å²) < 4.78 is 0. The third-order valence-electron chi connectivity index (χ3n) is 1.66. The number of aliphatic hydroxyl groups is 1. The molecule has 4 heteroatoms. The molecule has 13 heavy (non-hydrogen) atoms. The summed E-state index contributed by atoms with van der Waals surface area (Å²) in [6.07, 6.45) is 5.21. The van der Waals surface area contributed by atoms with E-state index >= 15 is 0 Å². The Balaban J connectivity index is 2.58. The highest BCUT2D eigenvalue weighted by Crippen LogP contribution is 2.15. The van der Waals surface area contributed by atoms with Crippen molar-refractivity contribution in [2.45, 2.75) is 6.42 Å². The van der Waals surface area contributed by atoms with Crippen molar-refractivity contribution < 1.29 is 10.0 Å². The predicted octanol–water partition coefficient (Wildman–Crippen LogP) is 0.719. The van der Waals surface area contributed by atoms with E-state index in [9.17, 15) is 10.1 Å². The van der Waals surface area contributed by atoms with Crippen LogP contribution < -0.4 is 0 Å². The molecule has 0 radical (unpaired) electrons. The van der Waals surface area contributed by atoms with Crippen LogP contribution in [0.4, 0.5) is 0 Å². The van der Waals surface area contributed by atoms with Crippen molar-refractivity contribution in [3.63, 3.8) is 0 Å². The first-order chi connectivity index (χ1) is 6.24. The van der Waals surface area contributed by atoms with Crippen LogP contribution in [0.5, 0.6) is 0 Å². The van der Waals surface area contributed by atoms with Crippen molar-refractivity contribution >= 4 is 0 Å². The number of rotatable bonds is 1. The topological polar surface area (TPSA) is 63.4 Å². The summed E-state index contributed by atoms with van der Waals surface area (Å²) in [5, 5.41) is 18.7. The van der Waals surface area contributed by atoms with Gasteiger partial charge < -0.3 is 5.11 Å². The third kappa shape index (κ3) is 2.73. The largest absolute Gasteiger partial charge is 0.384 e. The van der Waals surface area contributed by atoms with Gasteiger partial charge in [-0.3, -0.25) is 10.1 Å². The first-order valence-corrected chi connectivity index (χ1v) is 3.86. The van der Waals surface area contributed by atoms with E-state index in [1.54, 1.807) is 6.08 Å². The van der Waals surface area contributed by atoms with Gasteiger partial charge in [-0.05, 0) is 12.5 Å². The fraction of sp³-hybridized carbons (Fsp3) is 0.333. The van der Waals surface area contributed by atoms with E-state index in [1.165, 1.54) is 12.2 Å². The summed E-state index contributed by atoms with van der Waals surface area (Å²) >= 11 is 0. The SMILES string of the molecule is O=[N+]([O-])C1=CCC(C#CCO)C=C1. The number of hydrogen-bond donors (Lipinski definition) is 1. The first kappa shape index (κ1) is 9.49. The summed E-state index contributed by atoms with van der Waals surface area (Å²) in [5.74, 6) is 5.29. The Labute approximate surface area is 75.7 Å². The monoisotopic (exact) mass is 179 g/mol. The lowest BCUT2D eigenvalue weighted by atomic mass is 10.0. The Kier molecular flexibility index (Phi) is 3.23. The molecule has 0 heterocycles. The smallest absolute Gasteiger partial charge is 0.265 e. The normalized spacial score (nSPS) is 20.1. The molecule has 0 aromatic heterocycles. The standard InChI is InChI=1S/C9H9NO3/c11-7-1-2-8-3-5-9(6-4-8)10(12)13/h3,5-6,8,11H,4,7H2. The van der Waals surface area contributed by atoms with Gasteiger partial charge in [-0.2, -0.15) is 0 Å². The third-order valence-corrected chi connectivity index (χ3v) is 1.66. The maximum absolute atomic E-state index is 10.3. The number of allylic oxidation sites excluding steroid dienone is 3. The van der Waals surface area contributed by atoms with Gasteiger partial charge in [0.1, 0.15) is 6.61 Å². The van der Waals surface area contributed by atoms with Gasteiger partial charge in [-0.1, -0.05) is 17.9 Å². The van der Waals surface area contributed by atoms with Crippen molar-refractivity contribution in [2.24, 2.45) is 5.92 Å². The van der Waals surface area contributed by atoms with Crippen molar-refractivity contribution in [1.82, 2.24) is 0 Å². The van der Waals surface area contributed by atoms with Gasteiger partial charge in [0.05, 0.1) is 4.92 Å². The van der Waals surface area contributed by atoms with Crippen molar-refractivity contribution in [3.05, 3.63) is 34.0 Å². The number of aliphatic hydroxyl groups excluding tert-OH is 1. The van der Waals surface area contributed by atoms with Gasteiger partial charge in [0.15, 0.2) is 0 Å². The maximum Gasteiger partial charge on any atom is 0.265 e. The minimum Gasteiger partial charge on any atom is -0.384 e. The molecule has 1 rings (SSSR count). The molecule has 1 aliphatic rings. The van der Waals surface area contributed by atoms with Crippen LogP contribution in [0, 0.1) is 27.9 Å². The lowest BCUT2D eigenvalue weighted by molar-refractivity contribution is -0.419. The Morgan fingerprint density at radius 3 is 3.00 bits per heavy atom. The highest BCUT2D eigenvalue weighted by molar-refractivity contribution is 5.23. The van der Waals surface area contributed by atoms with E-state index < -0.39 is 4.92 Å². The second-order valence-corrected chi connectivity index (χ2v) is 2.57. The van der Waals surface area contributed by atoms with E-state index in [-0.39, 0.29) is 18.2 Å². The van der Waals surface area contributed by atoms with Gasteiger partial charge >= 0.3 is 0 Å². The van der Waals surface area contributed by atoms with Crippen LogP contribution in [0.25, 0.3) is 0 Å². The fourth-order valence-electron chi connectivity index (χ4n) is 1.03. The molecule has 1 aliphatic carbocycles. The van der Waals surface area contributed by atoms with Crippen LogP contribution in [-0.2, 0) is 0 Å². The van der Waals surface area contributed by atoms with E-state index in [4.69, 9.17) is 5.11 Å². The summed E-state index contributed by atoms with van der Waals surface area (Å²) in [4.78, 5) is 9.86. The molecule has 0 saturated carbocycles. The molecule has 1 N–H and O–H groups in total. The van der Waals surface area contributed by atoms with Crippen LogP contribution in [0.15, 0.2) is 23.9 Å². The second kappa shape index (κ2) is 4.43. The average molecular weight is 179 g/mol. The molecule has 0 aromatic rings. The molecule has 0 saturated heterocycles. The Bertz CT molecular complexity index is 319. The lowest BCUT2D eigenvalue weighted by Crippen LogP contribution is -2.03. The molecule has 0 spiro atoms. The van der Waals surface area contributed by atoms with E-state index in [1.807, 2.05) is 0 Å². The van der Waals surface area contributed by atoms with Gasteiger partial charge in [0, 0.05) is 12.0 Å². The molecule has 4 nitrogen and oxygen atoms in total. The summed E-state index contributed by atoms with van der Waals surface area (Å²) in [5.41, 5.74) is 0.113. The zero-order chi connectivity index (χ0) is 9.68. The van der Waals surface area contributed by atoms with Crippen LogP contribution >= 0.6 is 0 Å². The van der Waals surface area contributed by atoms with Crippen LogP contribution in [0.3, 0.4) is 0 Å². The van der Waals surface area contributed by atoms with Gasteiger partial charge in [-0.25, -0.2) is 0 Å². The van der Waals surface area contributed by atoms with Crippen LogP contribution in [-0.4, -0.2) is 16.6 Å². The minimum atomic E-state index is -0.424. The van der Waals surface area contributed by atoms with E-state index in [2.05, 4.69) is 11.8 Å². The average Bonchev–Trinajstić information content (AvgIpc) is 2.15. The molecule has 68 valence electrons. The predicted molar refractivity (Wildman–Crippen MR) is 47.2 cm³/mol. The summed E-state index contributed by atoms with van der Waals surface area (Å²) in [6, 6.07) is 0. The molecule has 0 fully saturated rings. The summed E-state index contributed by atoms with van der Waals surface area (Å²) in [6.45, 7) is -0.170. The minimum absolute atomic E-state index is 0.00384. The lowest BCUT2D eigenvalue weighted by Gasteiger charge is -2.04. The van der Waals surface area contributed by atoms with Gasteiger partial charge in [0.2, 0.25) is 0 Å². The highest BCUT2D eigenvalue weighted by atomic mass is 16.6. The molecule has 0 amide bonds. The van der Waals surface area contributed by atoms with Crippen molar-refractivity contribution in [3.8, 4) is 11.8 Å². The highest BCUT2D eigenvalue weighted by Gasteiger charge is 2.12. The Morgan fingerprint density at radius 2 is 2.54 bits per heavy atom. The van der Waals surface area contributed by atoms with E-state index in [0.29, 0.717) is 6.42 Å². The number of nitrogens with zero attached hydrogens (tertiary/aromatic N) is 1. The number of nitro groups is 1. The van der Waals surface area contributed by atoms with Crippen LogP contribution in [0.2, 0.25) is 0 Å². The van der Waals surface area contributed by atoms with Crippen molar-refractivity contribution in [1.29, 1.82) is 0 Å². The maximum atomic E-state index is 10.3. The van der Waals surface area contributed by atoms with Crippen molar-refractivity contribution in [2.75, 3.05) is 6.61 Å². The molecular formula is C9H9NO3. The quantitative estimate of drug-likeness (QED) is 0.366. The molecule has 0 aromatic carbocycles. The zero-order valence-corrected chi connectivity index (χ0v) is 6.93. The Hall–Kier alpha value is -1.60. The van der Waals surface area contributed by atoms with Crippen LogP contribution in [0.1, 0.15) is 6.42 Å². The molecule has 0 bridgehead atoms. The first-order valence-electron chi connectivity index (χ1n) is 3.86. The van der Waals surface area contributed by atoms with Gasteiger partial charge in [-0.15, -0.1) is 0 Å². The summed E-state index contributed by atoms with van der Waals surface area (Å²) in [7, 11) is 0.